The Morgan fingerprint density at radius 2 is 2.00 bits per heavy atom. The number of aryl methyl sites for hydroxylation is 1. The van der Waals surface area contributed by atoms with Gasteiger partial charge in [0.15, 0.2) is 0 Å². The van der Waals surface area contributed by atoms with Gasteiger partial charge < -0.3 is 10.1 Å². The highest BCUT2D eigenvalue weighted by molar-refractivity contribution is 5.09. The molecule has 0 saturated heterocycles. The lowest BCUT2D eigenvalue weighted by Crippen LogP contribution is -2.35. The van der Waals surface area contributed by atoms with Crippen LogP contribution < -0.4 is 5.32 Å². The molecule has 0 aromatic carbocycles. The highest BCUT2D eigenvalue weighted by atomic mass is 16.5. The van der Waals surface area contributed by atoms with E-state index < -0.39 is 0 Å². The Morgan fingerprint density at radius 1 is 1.28 bits per heavy atom. The van der Waals surface area contributed by atoms with Crippen LogP contribution >= 0.6 is 0 Å². The molecule has 0 bridgehead atoms. The molecule has 0 saturated carbocycles. The summed E-state index contributed by atoms with van der Waals surface area (Å²) < 4.78 is 5.71. The molecule has 1 N–H and O–H groups in total. The Kier molecular flexibility index (Phi) is 7.62. The predicted molar refractivity (Wildman–Crippen MR) is 75.7 cm³/mol. The molecule has 1 atom stereocenters. The van der Waals surface area contributed by atoms with Gasteiger partial charge in [-0.25, -0.2) is 0 Å². The van der Waals surface area contributed by atoms with Crippen molar-refractivity contribution in [1.29, 1.82) is 0 Å². The van der Waals surface area contributed by atoms with E-state index in [0.29, 0.717) is 12.1 Å². The maximum Gasteiger partial charge on any atom is 0.0623 e. The fourth-order valence-electron chi connectivity index (χ4n) is 1.79. The second kappa shape index (κ2) is 9.06. The van der Waals surface area contributed by atoms with Gasteiger partial charge in [0.25, 0.3) is 0 Å². The smallest absolute Gasteiger partial charge is 0.0623 e. The molecule has 1 unspecified atom stereocenters. The number of nitrogens with one attached hydrogen (secondary N) is 1. The van der Waals surface area contributed by atoms with Crippen molar-refractivity contribution in [3.05, 3.63) is 30.1 Å². The van der Waals surface area contributed by atoms with Crippen molar-refractivity contribution in [2.75, 3.05) is 13.2 Å². The molecule has 1 aromatic heterocycles. The topological polar surface area (TPSA) is 34.2 Å². The number of hydrogen-bond donors (Lipinski definition) is 1. The minimum atomic E-state index is 0.303. The van der Waals surface area contributed by atoms with Gasteiger partial charge >= 0.3 is 0 Å². The molecule has 0 aliphatic rings. The zero-order valence-corrected chi connectivity index (χ0v) is 11.9. The molecule has 1 aromatic rings. The van der Waals surface area contributed by atoms with Gasteiger partial charge in [-0.3, -0.25) is 4.98 Å². The van der Waals surface area contributed by atoms with E-state index >= 15 is 0 Å². The standard InChI is InChI=1S/C15H26N2O/c1-4-9-17-15(12-18-13(2)3)6-5-14-7-10-16-11-8-14/h7-8,10-11,13,15,17H,4-6,9,12H2,1-3H3. The number of pyridine rings is 1. The van der Waals surface area contributed by atoms with E-state index in [0.717, 1.165) is 32.4 Å². The van der Waals surface area contributed by atoms with Crippen molar-refractivity contribution in [3.8, 4) is 0 Å². The fourth-order valence-corrected chi connectivity index (χ4v) is 1.79. The molecular formula is C15H26N2O. The zero-order valence-electron chi connectivity index (χ0n) is 11.9. The van der Waals surface area contributed by atoms with Crippen LogP contribution in [0.1, 0.15) is 39.2 Å². The predicted octanol–water partition coefficient (Wildman–Crippen LogP) is 2.81. The van der Waals surface area contributed by atoms with Crippen molar-refractivity contribution in [2.24, 2.45) is 0 Å². The van der Waals surface area contributed by atoms with Crippen molar-refractivity contribution in [1.82, 2.24) is 10.3 Å². The lowest BCUT2D eigenvalue weighted by atomic mass is 10.1. The highest BCUT2D eigenvalue weighted by Gasteiger charge is 2.09. The minimum absolute atomic E-state index is 0.303. The Labute approximate surface area is 111 Å². The van der Waals surface area contributed by atoms with Crippen LogP contribution in [0, 0.1) is 0 Å². The second-order valence-corrected chi connectivity index (χ2v) is 4.93. The van der Waals surface area contributed by atoms with Crippen molar-refractivity contribution in [2.45, 2.75) is 52.2 Å². The van der Waals surface area contributed by atoms with Gasteiger partial charge in [-0.2, -0.15) is 0 Å². The van der Waals surface area contributed by atoms with Gasteiger partial charge in [-0.05, 0) is 57.4 Å². The van der Waals surface area contributed by atoms with E-state index in [-0.39, 0.29) is 0 Å². The summed E-state index contributed by atoms with van der Waals surface area (Å²) in [6, 6.07) is 4.61. The normalized spacial score (nSPS) is 12.9. The number of aromatic nitrogens is 1. The van der Waals surface area contributed by atoms with Crippen molar-refractivity contribution in [3.63, 3.8) is 0 Å². The van der Waals surface area contributed by atoms with Gasteiger partial charge in [0.05, 0.1) is 12.7 Å². The molecule has 3 heteroatoms. The third-order valence-corrected chi connectivity index (χ3v) is 2.84. The fraction of sp³-hybridized carbons (Fsp3) is 0.667. The van der Waals surface area contributed by atoms with Gasteiger partial charge in [0.2, 0.25) is 0 Å². The average molecular weight is 250 g/mol. The molecule has 3 nitrogen and oxygen atoms in total. The van der Waals surface area contributed by atoms with Crippen LogP contribution in [0.15, 0.2) is 24.5 Å². The summed E-state index contributed by atoms with van der Waals surface area (Å²) in [7, 11) is 0. The van der Waals surface area contributed by atoms with E-state index in [1.54, 1.807) is 0 Å². The molecule has 18 heavy (non-hydrogen) atoms. The summed E-state index contributed by atoms with van der Waals surface area (Å²) in [5.41, 5.74) is 1.35. The largest absolute Gasteiger partial charge is 0.377 e. The first kappa shape index (κ1) is 15.1. The summed E-state index contributed by atoms with van der Waals surface area (Å²) in [4.78, 5) is 4.04. The molecule has 102 valence electrons. The SMILES string of the molecule is CCCNC(CCc1ccncc1)COC(C)C. The first-order valence-corrected chi connectivity index (χ1v) is 6.96. The Hall–Kier alpha value is -0.930. The molecule has 0 radical (unpaired) electrons. The molecule has 0 amide bonds. The van der Waals surface area contributed by atoms with Crippen LogP contribution in [-0.4, -0.2) is 30.3 Å². The molecular weight excluding hydrogens is 224 g/mol. The Morgan fingerprint density at radius 3 is 2.61 bits per heavy atom. The Balaban J connectivity index is 2.35. The summed E-state index contributed by atoms with van der Waals surface area (Å²) in [5.74, 6) is 0. The van der Waals surface area contributed by atoms with Crippen LogP contribution in [0.25, 0.3) is 0 Å². The van der Waals surface area contributed by atoms with Gasteiger partial charge in [0.1, 0.15) is 0 Å². The first-order valence-electron chi connectivity index (χ1n) is 6.96. The summed E-state index contributed by atoms with van der Waals surface area (Å²) >= 11 is 0. The average Bonchev–Trinajstić information content (AvgIpc) is 2.39. The van der Waals surface area contributed by atoms with E-state index in [1.165, 1.54) is 5.56 Å². The highest BCUT2D eigenvalue weighted by Crippen LogP contribution is 2.05. The van der Waals surface area contributed by atoms with Crippen molar-refractivity contribution < 1.29 is 4.74 Å². The third-order valence-electron chi connectivity index (χ3n) is 2.84. The summed E-state index contributed by atoms with van der Waals surface area (Å²) in [6.07, 6.45) is 7.36. The monoisotopic (exact) mass is 250 g/mol. The minimum Gasteiger partial charge on any atom is -0.377 e. The summed E-state index contributed by atoms with van der Waals surface area (Å²) in [6.45, 7) is 8.21. The van der Waals surface area contributed by atoms with E-state index in [2.05, 4.69) is 43.2 Å². The third kappa shape index (κ3) is 6.72. The van der Waals surface area contributed by atoms with Crippen LogP contribution in [0.4, 0.5) is 0 Å². The van der Waals surface area contributed by atoms with Crippen LogP contribution in [0.2, 0.25) is 0 Å². The molecule has 1 rings (SSSR count). The second-order valence-electron chi connectivity index (χ2n) is 4.93. The molecule has 1 heterocycles. The van der Waals surface area contributed by atoms with Gasteiger partial charge in [-0.1, -0.05) is 6.92 Å². The molecule has 0 aliphatic carbocycles. The van der Waals surface area contributed by atoms with Crippen LogP contribution in [0.3, 0.4) is 0 Å². The number of rotatable bonds is 9. The van der Waals surface area contributed by atoms with Gasteiger partial charge in [-0.15, -0.1) is 0 Å². The number of nitrogens with zero attached hydrogens (tertiary/aromatic N) is 1. The molecule has 0 fully saturated rings. The van der Waals surface area contributed by atoms with E-state index in [9.17, 15) is 0 Å². The maximum atomic E-state index is 5.71. The molecule has 0 aliphatic heterocycles. The lowest BCUT2D eigenvalue weighted by molar-refractivity contribution is 0.0596. The quantitative estimate of drug-likeness (QED) is 0.732. The maximum absolute atomic E-state index is 5.71. The van der Waals surface area contributed by atoms with Gasteiger partial charge in [0, 0.05) is 18.4 Å². The Bertz CT molecular complexity index is 301. The molecule has 0 spiro atoms. The first-order chi connectivity index (χ1) is 8.72. The number of ether oxygens (including phenoxy) is 1. The van der Waals surface area contributed by atoms with E-state index in [1.807, 2.05) is 12.4 Å². The summed E-state index contributed by atoms with van der Waals surface area (Å²) in [5, 5.41) is 3.55. The number of hydrogen-bond acceptors (Lipinski definition) is 3. The van der Waals surface area contributed by atoms with Crippen molar-refractivity contribution >= 4 is 0 Å². The van der Waals surface area contributed by atoms with Crippen LogP contribution in [-0.2, 0) is 11.2 Å². The zero-order chi connectivity index (χ0) is 13.2. The van der Waals surface area contributed by atoms with E-state index in [4.69, 9.17) is 4.74 Å². The lowest BCUT2D eigenvalue weighted by Gasteiger charge is -2.20. The van der Waals surface area contributed by atoms with Crippen LogP contribution in [0.5, 0.6) is 0 Å².